The summed E-state index contributed by atoms with van der Waals surface area (Å²) >= 11 is 0. The minimum Gasteiger partial charge on any atom is -0.480 e. The Morgan fingerprint density at radius 3 is 2.19 bits per heavy atom. The molecule has 1 aromatic carbocycles. The number of rotatable bonds is 4. The molecule has 0 atom stereocenters. The molecule has 0 aliphatic heterocycles. The molecule has 0 fully saturated rings. The fraction of sp³-hybridized carbons (Fsp3) is 0.111. The number of aromatic carboxylic acids is 1. The van der Waals surface area contributed by atoms with Crippen molar-refractivity contribution in [3.8, 4) is 0 Å². The molecule has 6 nitrogen and oxygen atoms in total. The van der Waals surface area contributed by atoms with E-state index in [4.69, 9.17) is 10.2 Å². The summed E-state index contributed by atoms with van der Waals surface area (Å²) in [7, 11) is -4.12. The van der Waals surface area contributed by atoms with E-state index in [1.165, 1.54) is 12.1 Å². The van der Waals surface area contributed by atoms with E-state index in [-0.39, 0.29) is 0 Å². The summed E-state index contributed by atoms with van der Waals surface area (Å²) in [5.41, 5.74) is -0.427. The number of carboxylic acid groups (broad SMARTS) is 2. The lowest BCUT2D eigenvalue weighted by Gasteiger charge is -2.04. The summed E-state index contributed by atoms with van der Waals surface area (Å²) in [6.45, 7) is 0. The average molecular weight is 244 g/mol. The van der Waals surface area contributed by atoms with Gasteiger partial charge in [-0.15, -0.1) is 0 Å². The predicted molar refractivity (Wildman–Crippen MR) is 53.1 cm³/mol. The van der Waals surface area contributed by atoms with Gasteiger partial charge in [-0.3, -0.25) is 4.79 Å². The Morgan fingerprint density at radius 2 is 1.69 bits per heavy atom. The highest BCUT2D eigenvalue weighted by atomic mass is 32.2. The molecule has 1 rings (SSSR count). The summed E-state index contributed by atoms with van der Waals surface area (Å²) < 4.78 is 23.0. The third-order valence-corrected chi connectivity index (χ3v) is 3.42. The van der Waals surface area contributed by atoms with Gasteiger partial charge < -0.3 is 10.2 Å². The maximum Gasteiger partial charge on any atom is 0.337 e. The van der Waals surface area contributed by atoms with Gasteiger partial charge in [-0.25, -0.2) is 13.2 Å². The minimum atomic E-state index is -4.12. The van der Waals surface area contributed by atoms with Crippen LogP contribution in [0.25, 0.3) is 0 Å². The third-order valence-electron chi connectivity index (χ3n) is 1.77. The Balaban J connectivity index is 3.33. The van der Waals surface area contributed by atoms with Crippen LogP contribution in [0.2, 0.25) is 0 Å². The molecule has 0 aliphatic rings. The van der Waals surface area contributed by atoms with E-state index in [2.05, 4.69) is 0 Å². The fourth-order valence-corrected chi connectivity index (χ4v) is 2.41. The van der Waals surface area contributed by atoms with E-state index in [1.807, 2.05) is 0 Å². The summed E-state index contributed by atoms with van der Waals surface area (Å²) in [6, 6.07) is 4.88. The molecule has 0 aromatic heterocycles. The molecule has 0 amide bonds. The van der Waals surface area contributed by atoms with Crippen LogP contribution in [-0.4, -0.2) is 36.3 Å². The number of carbonyl (C=O) groups is 2. The second-order valence-corrected chi connectivity index (χ2v) is 4.91. The zero-order valence-electron chi connectivity index (χ0n) is 7.95. The van der Waals surface area contributed by atoms with Gasteiger partial charge in [0.1, 0.15) is 0 Å². The first-order chi connectivity index (χ1) is 7.34. The van der Waals surface area contributed by atoms with Gasteiger partial charge in [0.05, 0.1) is 10.5 Å². The summed E-state index contributed by atoms with van der Waals surface area (Å²) in [4.78, 5) is 20.6. The number of hydrogen-bond donors (Lipinski definition) is 2. The lowest BCUT2D eigenvalue weighted by Crippen LogP contribution is -2.18. The van der Waals surface area contributed by atoms with Gasteiger partial charge in [-0.2, -0.15) is 0 Å². The maximum atomic E-state index is 11.5. The largest absolute Gasteiger partial charge is 0.480 e. The van der Waals surface area contributed by atoms with Crippen LogP contribution in [0, 0.1) is 0 Å². The normalized spacial score (nSPS) is 11.0. The second kappa shape index (κ2) is 4.31. The molecule has 0 bridgehead atoms. The summed E-state index contributed by atoms with van der Waals surface area (Å²) in [6.07, 6.45) is 0. The molecule has 0 saturated carbocycles. The molecule has 0 saturated heterocycles. The first kappa shape index (κ1) is 12.2. The average Bonchev–Trinajstić information content (AvgIpc) is 2.15. The van der Waals surface area contributed by atoms with E-state index in [9.17, 15) is 18.0 Å². The number of benzene rings is 1. The monoisotopic (exact) mass is 244 g/mol. The van der Waals surface area contributed by atoms with Gasteiger partial charge in [0.25, 0.3) is 0 Å². The smallest absolute Gasteiger partial charge is 0.337 e. The van der Waals surface area contributed by atoms with E-state index < -0.39 is 38.0 Å². The molecule has 0 radical (unpaired) electrons. The molecule has 0 unspecified atom stereocenters. The van der Waals surface area contributed by atoms with Crippen molar-refractivity contribution in [1.82, 2.24) is 0 Å². The van der Waals surface area contributed by atoms with Crippen LogP contribution in [0.15, 0.2) is 29.2 Å². The number of hydrogen-bond acceptors (Lipinski definition) is 4. The van der Waals surface area contributed by atoms with Crippen LogP contribution in [0.3, 0.4) is 0 Å². The first-order valence-electron chi connectivity index (χ1n) is 4.11. The Labute approximate surface area is 91.1 Å². The van der Waals surface area contributed by atoms with Crippen molar-refractivity contribution in [2.24, 2.45) is 0 Å². The predicted octanol–water partition coefficient (Wildman–Crippen LogP) is 0.243. The van der Waals surface area contributed by atoms with Gasteiger partial charge in [0.15, 0.2) is 15.6 Å². The molecule has 2 N–H and O–H groups in total. The lowest BCUT2D eigenvalue weighted by molar-refractivity contribution is -0.134. The zero-order valence-corrected chi connectivity index (χ0v) is 8.77. The molecular weight excluding hydrogens is 236 g/mol. The van der Waals surface area contributed by atoms with Crippen LogP contribution in [0.4, 0.5) is 0 Å². The standard InChI is InChI=1S/C9H8O6S/c10-8(11)5-16(14,15)7-4-2-1-3-6(7)9(12)13/h1-4H,5H2,(H,10,11)(H,12,13). The van der Waals surface area contributed by atoms with Gasteiger partial charge in [0, 0.05) is 0 Å². The highest BCUT2D eigenvalue weighted by Gasteiger charge is 2.24. The minimum absolute atomic E-state index is 0.427. The van der Waals surface area contributed by atoms with Gasteiger partial charge in [-0.1, -0.05) is 12.1 Å². The van der Waals surface area contributed by atoms with Crippen LogP contribution >= 0.6 is 0 Å². The Hall–Kier alpha value is -1.89. The number of aliphatic carboxylic acids is 1. The van der Waals surface area contributed by atoms with Crippen molar-refractivity contribution in [2.75, 3.05) is 5.75 Å². The van der Waals surface area contributed by atoms with Crippen molar-refractivity contribution in [3.63, 3.8) is 0 Å². The van der Waals surface area contributed by atoms with Gasteiger partial charge >= 0.3 is 11.9 Å². The Morgan fingerprint density at radius 1 is 1.12 bits per heavy atom. The molecule has 0 spiro atoms. The molecule has 86 valence electrons. The highest BCUT2D eigenvalue weighted by Crippen LogP contribution is 2.16. The first-order valence-corrected chi connectivity index (χ1v) is 5.76. The quantitative estimate of drug-likeness (QED) is 0.785. The molecule has 1 aromatic rings. The fourth-order valence-electron chi connectivity index (χ4n) is 1.15. The SMILES string of the molecule is O=C(O)CS(=O)(=O)c1ccccc1C(=O)O. The molecule has 0 aliphatic carbocycles. The zero-order chi connectivity index (χ0) is 12.3. The van der Waals surface area contributed by atoms with E-state index in [0.717, 1.165) is 12.1 Å². The van der Waals surface area contributed by atoms with Crippen LogP contribution < -0.4 is 0 Å². The lowest BCUT2D eigenvalue weighted by atomic mass is 10.2. The van der Waals surface area contributed by atoms with Gasteiger partial charge in [0.2, 0.25) is 0 Å². The molecule has 16 heavy (non-hydrogen) atoms. The van der Waals surface area contributed by atoms with Crippen molar-refractivity contribution in [2.45, 2.75) is 4.90 Å². The third kappa shape index (κ3) is 2.57. The number of sulfone groups is 1. The maximum absolute atomic E-state index is 11.5. The highest BCUT2D eigenvalue weighted by molar-refractivity contribution is 7.92. The van der Waals surface area contributed by atoms with Crippen LogP contribution in [-0.2, 0) is 14.6 Å². The summed E-state index contributed by atoms with van der Waals surface area (Å²) in [5.74, 6) is -4.07. The van der Waals surface area contributed by atoms with E-state index >= 15 is 0 Å². The van der Waals surface area contributed by atoms with Crippen molar-refractivity contribution >= 4 is 21.8 Å². The van der Waals surface area contributed by atoms with E-state index in [1.54, 1.807) is 0 Å². The molecule has 0 heterocycles. The molecule has 7 heteroatoms. The van der Waals surface area contributed by atoms with Crippen molar-refractivity contribution in [1.29, 1.82) is 0 Å². The molecular formula is C9H8O6S. The van der Waals surface area contributed by atoms with Crippen molar-refractivity contribution in [3.05, 3.63) is 29.8 Å². The number of carboxylic acids is 2. The Bertz CT molecular complexity index is 531. The Kier molecular flexibility index (Phi) is 3.28. The van der Waals surface area contributed by atoms with Gasteiger partial charge in [-0.05, 0) is 12.1 Å². The van der Waals surface area contributed by atoms with Crippen LogP contribution in [0.1, 0.15) is 10.4 Å². The second-order valence-electron chi connectivity index (χ2n) is 2.95. The van der Waals surface area contributed by atoms with Crippen molar-refractivity contribution < 1.29 is 28.2 Å². The van der Waals surface area contributed by atoms with E-state index in [0.29, 0.717) is 0 Å². The van der Waals surface area contributed by atoms with Crippen LogP contribution in [0.5, 0.6) is 0 Å². The topological polar surface area (TPSA) is 109 Å². The summed E-state index contributed by atoms with van der Waals surface area (Å²) in [5, 5.41) is 17.2.